The van der Waals surface area contributed by atoms with Gasteiger partial charge in [0, 0.05) is 0 Å². The highest BCUT2D eigenvalue weighted by molar-refractivity contribution is 5.92. The molecule has 2 aliphatic rings. The van der Waals surface area contributed by atoms with Gasteiger partial charge in [-0.3, -0.25) is 0 Å². The van der Waals surface area contributed by atoms with E-state index in [-0.39, 0.29) is 17.9 Å². The smallest absolute Gasteiger partial charge is 0.319 e. The van der Waals surface area contributed by atoms with Gasteiger partial charge in [0.1, 0.15) is 17.6 Å². The van der Waals surface area contributed by atoms with Gasteiger partial charge < -0.3 is 20.5 Å². The molecular formula is C21H24N2O3. The maximum absolute atomic E-state index is 12.3. The largest absolute Gasteiger partial charge is 0.506 e. The van der Waals surface area contributed by atoms with Gasteiger partial charge >= 0.3 is 6.03 Å². The van der Waals surface area contributed by atoms with Crippen molar-refractivity contribution in [1.82, 2.24) is 5.32 Å². The number of phenolic OH excluding ortho intramolecular Hbond substituents is 1. The molecular weight excluding hydrogens is 328 g/mol. The zero-order valence-electron chi connectivity index (χ0n) is 14.8. The number of hydrogen-bond donors (Lipinski definition) is 3. The van der Waals surface area contributed by atoms with E-state index in [1.54, 1.807) is 6.07 Å². The number of rotatable bonds is 3. The number of para-hydroxylation sites is 1. The van der Waals surface area contributed by atoms with Crippen molar-refractivity contribution in [1.29, 1.82) is 0 Å². The minimum absolute atomic E-state index is 0.0334. The van der Waals surface area contributed by atoms with Crippen molar-refractivity contribution in [2.24, 2.45) is 0 Å². The first kappa shape index (κ1) is 16.8. The van der Waals surface area contributed by atoms with Gasteiger partial charge in [0.15, 0.2) is 0 Å². The van der Waals surface area contributed by atoms with Gasteiger partial charge in [-0.15, -0.1) is 0 Å². The molecule has 0 saturated carbocycles. The maximum atomic E-state index is 12.3. The molecule has 0 fully saturated rings. The number of carbonyl (C=O) groups excluding carboxylic acids is 1. The average Bonchev–Trinajstić information content (AvgIpc) is 2.68. The summed E-state index contributed by atoms with van der Waals surface area (Å²) in [5.41, 5.74) is 4.05. The summed E-state index contributed by atoms with van der Waals surface area (Å²) in [5, 5.41) is 15.9. The fraction of sp³-hybridized carbons (Fsp3) is 0.381. The Bertz CT molecular complexity index is 819. The average molecular weight is 352 g/mol. The SMILES string of the molecule is O=C(NCC1CCc2ccccc2O1)Nc1c(O)ccc2c1CCCC2. The van der Waals surface area contributed by atoms with Gasteiger partial charge in [-0.05, 0) is 67.3 Å². The zero-order valence-corrected chi connectivity index (χ0v) is 14.8. The Hall–Kier alpha value is -2.69. The van der Waals surface area contributed by atoms with Crippen LogP contribution >= 0.6 is 0 Å². The van der Waals surface area contributed by atoms with Crippen LogP contribution in [-0.2, 0) is 19.3 Å². The van der Waals surface area contributed by atoms with Crippen molar-refractivity contribution in [3.05, 3.63) is 53.1 Å². The molecule has 0 spiro atoms. The normalized spacial score (nSPS) is 18.2. The van der Waals surface area contributed by atoms with Gasteiger partial charge in [0.2, 0.25) is 0 Å². The molecule has 2 amide bonds. The van der Waals surface area contributed by atoms with Crippen LogP contribution in [-0.4, -0.2) is 23.8 Å². The van der Waals surface area contributed by atoms with Crippen LogP contribution in [0.15, 0.2) is 36.4 Å². The Morgan fingerprint density at radius 3 is 2.85 bits per heavy atom. The van der Waals surface area contributed by atoms with Gasteiger partial charge in [0.05, 0.1) is 12.2 Å². The Labute approximate surface area is 153 Å². The third kappa shape index (κ3) is 3.47. The monoisotopic (exact) mass is 352 g/mol. The highest BCUT2D eigenvalue weighted by Crippen LogP contribution is 2.34. The van der Waals surface area contributed by atoms with E-state index >= 15 is 0 Å². The molecule has 2 aromatic rings. The molecule has 1 unspecified atom stereocenters. The fourth-order valence-corrected chi connectivity index (χ4v) is 3.84. The molecule has 136 valence electrons. The van der Waals surface area contributed by atoms with Crippen LogP contribution < -0.4 is 15.4 Å². The molecule has 4 rings (SSSR count). The number of phenols is 1. The summed E-state index contributed by atoms with van der Waals surface area (Å²) in [6.45, 7) is 0.440. The first-order valence-electron chi connectivity index (χ1n) is 9.34. The third-order valence-electron chi connectivity index (χ3n) is 5.24. The summed E-state index contributed by atoms with van der Waals surface area (Å²) in [4.78, 5) is 12.3. The fourth-order valence-electron chi connectivity index (χ4n) is 3.84. The van der Waals surface area contributed by atoms with Gasteiger partial charge in [-0.1, -0.05) is 24.3 Å². The van der Waals surface area contributed by atoms with Crippen molar-refractivity contribution in [3.8, 4) is 11.5 Å². The quantitative estimate of drug-likeness (QED) is 0.736. The van der Waals surface area contributed by atoms with Crippen molar-refractivity contribution in [2.75, 3.05) is 11.9 Å². The van der Waals surface area contributed by atoms with Crippen LogP contribution in [0.5, 0.6) is 11.5 Å². The van der Waals surface area contributed by atoms with Crippen molar-refractivity contribution >= 4 is 11.7 Å². The van der Waals surface area contributed by atoms with E-state index in [1.165, 1.54) is 11.1 Å². The standard InChI is InChI=1S/C21H24N2O3/c24-18-12-10-14-5-1-3-7-17(14)20(18)23-21(25)22-13-16-11-9-15-6-2-4-8-19(15)26-16/h2,4,6,8,10,12,16,24H,1,3,5,7,9,11,13H2,(H2,22,23,25). The van der Waals surface area contributed by atoms with Crippen LogP contribution in [0.2, 0.25) is 0 Å². The van der Waals surface area contributed by atoms with E-state index in [0.717, 1.165) is 49.8 Å². The Kier molecular flexibility index (Phi) is 4.69. The number of hydrogen-bond acceptors (Lipinski definition) is 3. The van der Waals surface area contributed by atoms with E-state index in [2.05, 4.69) is 16.7 Å². The number of aromatic hydroxyl groups is 1. The predicted molar refractivity (Wildman–Crippen MR) is 101 cm³/mol. The van der Waals surface area contributed by atoms with Crippen LogP contribution in [0.1, 0.15) is 36.0 Å². The molecule has 1 heterocycles. The van der Waals surface area contributed by atoms with Gasteiger partial charge in [-0.2, -0.15) is 0 Å². The van der Waals surface area contributed by atoms with Crippen molar-refractivity contribution in [3.63, 3.8) is 0 Å². The second kappa shape index (κ2) is 7.28. The second-order valence-electron chi connectivity index (χ2n) is 7.03. The number of anilines is 1. The van der Waals surface area contributed by atoms with Crippen LogP contribution in [0.25, 0.3) is 0 Å². The maximum Gasteiger partial charge on any atom is 0.319 e. The van der Waals surface area contributed by atoms with E-state index in [9.17, 15) is 9.90 Å². The molecule has 0 bridgehead atoms. The lowest BCUT2D eigenvalue weighted by Crippen LogP contribution is -2.39. The molecule has 0 radical (unpaired) electrons. The highest BCUT2D eigenvalue weighted by Gasteiger charge is 2.21. The summed E-state index contributed by atoms with van der Waals surface area (Å²) < 4.78 is 5.95. The number of ether oxygens (including phenoxy) is 1. The predicted octanol–water partition coefficient (Wildman–Crippen LogP) is 3.79. The Balaban J connectivity index is 1.37. The topological polar surface area (TPSA) is 70.6 Å². The first-order valence-corrected chi connectivity index (χ1v) is 9.34. The number of amides is 2. The summed E-state index contributed by atoms with van der Waals surface area (Å²) in [6, 6.07) is 11.3. The number of benzene rings is 2. The number of urea groups is 1. The molecule has 3 N–H and O–H groups in total. The van der Waals surface area contributed by atoms with Crippen LogP contribution in [0.3, 0.4) is 0 Å². The summed E-state index contributed by atoms with van der Waals surface area (Å²) >= 11 is 0. The minimum atomic E-state index is -0.304. The zero-order chi connectivity index (χ0) is 17.9. The molecule has 5 heteroatoms. The van der Waals surface area contributed by atoms with Gasteiger partial charge in [-0.25, -0.2) is 4.79 Å². The van der Waals surface area contributed by atoms with E-state index in [1.807, 2.05) is 24.3 Å². The molecule has 5 nitrogen and oxygen atoms in total. The molecule has 26 heavy (non-hydrogen) atoms. The van der Waals surface area contributed by atoms with E-state index < -0.39 is 0 Å². The van der Waals surface area contributed by atoms with Crippen molar-refractivity contribution < 1.29 is 14.6 Å². The lowest BCUT2D eigenvalue weighted by atomic mass is 9.90. The lowest BCUT2D eigenvalue weighted by molar-refractivity contribution is 0.171. The number of aryl methyl sites for hydroxylation is 2. The lowest BCUT2D eigenvalue weighted by Gasteiger charge is -2.26. The number of fused-ring (bicyclic) bond motifs is 2. The molecule has 1 atom stereocenters. The van der Waals surface area contributed by atoms with Crippen LogP contribution in [0.4, 0.5) is 10.5 Å². The summed E-state index contributed by atoms with van der Waals surface area (Å²) in [6.07, 6.45) is 5.93. The number of carbonyl (C=O) groups is 1. The first-order chi connectivity index (χ1) is 12.7. The summed E-state index contributed by atoms with van der Waals surface area (Å²) in [5.74, 6) is 1.03. The Morgan fingerprint density at radius 1 is 1.08 bits per heavy atom. The molecule has 1 aliphatic carbocycles. The molecule has 2 aromatic carbocycles. The molecule has 1 aliphatic heterocycles. The number of nitrogens with one attached hydrogen (secondary N) is 2. The van der Waals surface area contributed by atoms with E-state index in [4.69, 9.17) is 4.74 Å². The van der Waals surface area contributed by atoms with Crippen LogP contribution in [0, 0.1) is 0 Å². The summed E-state index contributed by atoms with van der Waals surface area (Å²) in [7, 11) is 0. The second-order valence-corrected chi connectivity index (χ2v) is 7.03. The van der Waals surface area contributed by atoms with Gasteiger partial charge in [0.25, 0.3) is 0 Å². The molecule has 0 aromatic heterocycles. The molecule has 0 saturated heterocycles. The third-order valence-corrected chi connectivity index (χ3v) is 5.24. The van der Waals surface area contributed by atoms with E-state index in [0.29, 0.717) is 12.2 Å². The Morgan fingerprint density at radius 2 is 1.92 bits per heavy atom. The highest BCUT2D eigenvalue weighted by atomic mass is 16.5. The van der Waals surface area contributed by atoms with Crippen molar-refractivity contribution in [2.45, 2.75) is 44.6 Å². The minimum Gasteiger partial charge on any atom is -0.506 e.